The minimum atomic E-state index is -5.66. The van der Waals surface area contributed by atoms with Gasteiger partial charge in [0.1, 0.15) is 0 Å². The molecule has 0 aliphatic heterocycles. The molecule has 0 bridgehead atoms. The maximum atomic E-state index is 12.3. The van der Waals surface area contributed by atoms with Gasteiger partial charge in [0.25, 0.3) is 0 Å². The first-order valence-electron chi connectivity index (χ1n) is 5.88. The van der Waals surface area contributed by atoms with E-state index in [0.29, 0.717) is 12.0 Å². The van der Waals surface area contributed by atoms with E-state index in [4.69, 9.17) is 0 Å². The average Bonchev–Trinajstić information content (AvgIpc) is 2.82. The number of rotatable bonds is 4. The summed E-state index contributed by atoms with van der Waals surface area (Å²) in [5, 5.41) is 0. The largest absolute Gasteiger partial charge is 0.534 e. The maximum Gasteiger partial charge on any atom is 0.534 e. The van der Waals surface area contributed by atoms with Gasteiger partial charge in [0.2, 0.25) is 0 Å². The molecule has 0 aromatic carbocycles. The van der Waals surface area contributed by atoms with E-state index in [9.17, 15) is 21.6 Å². The second-order valence-corrected chi connectivity index (χ2v) is 6.02. The van der Waals surface area contributed by atoms with Gasteiger partial charge < -0.3 is 4.18 Å². The lowest BCUT2D eigenvalue weighted by molar-refractivity contribution is -0.0500. The Morgan fingerprint density at radius 2 is 1.95 bits per heavy atom. The molecule has 1 heterocycles. The molecule has 0 fully saturated rings. The molecule has 1 aliphatic carbocycles. The fourth-order valence-corrected chi connectivity index (χ4v) is 2.45. The van der Waals surface area contributed by atoms with Crippen molar-refractivity contribution in [2.45, 2.75) is 24.8 Å². The molecule has 0 saturated carbocycles. The van der Waals surface area contributed by atoms with E-state index in [1.165, 1.54) is 12.3 Å². The predicted octanol–water partition coefficient (Wildman–Crippen LogP) is 2.82. The van der Waals surface area contributed by atoms with Crippen LogP contribution in [0.4, 0.5) is 13.2 Å². The Kier molecular flexibility index (Phi) is 4.03. The standard InChI is InChI=1S/C12H12F3NO3S/c13-12(14,15)20(17,18)19-11-8-16-6-5-10(11)7-9-3-1-2-4-9/h1-2,5-6,8-9H,3-4,7H2. The molecule has 0 atom stereocenters. The van der Waals surface area contributed by atoms with Crippen molar-refractivity contribution in [2.24, 2.45) is 5.92 Å². The van der Waals surface area contributed by atoms with Crippen LogP contribution >= 0.6 is 0 Å². The van der Waals surface area contributed by atoms with Crippen molar-refractivity contribution in [1.82, 2.24) is 4.98 Å². The molecule has 0 amide bonds. The first-order valence-corrected chi connectivity index (χ1v) is 7.29. The van der Waals surface area contributed by atoms with Crippen LogP contribution in [0.25, 0.3) is 0 Å². The highest BCUT2D eigenvalue weighted by atomic mass is 32.2. The van der Waals surface area contributed by atoms with Gasteiger partial charge in [-0.05, 0) is 36.8 Å². The molecule has 20 heavy (non-hydrogen) atoms. The van der Waals surface area contributed by atoms with Gasteiger partial charge in [0.15, 0.2) is 5.75 Å². The lowest BCUT2D eigenvalue weighted by atomic mass is 9.98. The third-order valence-corrected chi connectivity index (χ3v) is 3.93. The van der Waals surface area contributed by atoms with E-state index in [1.807, 2.05) is 12.2 Å². The Hall–Kier alpha value is -1.57. The smallest absolute Gasteiger partial charge is 0.374 e. The van der Waals surface area contributed by atoms with Gasteiger partial charge in [-0.3, -0.25) is 4.98 Å². The lowest BCUT2D eigenvalue weighted by Crippen LogP contribution is -2.28. The molecule has 0 spiro atoms. The number of alkyl halides is 3. The highest BCUT2D eigenvalue weighted by Crippen LogP contribution is 2.31. The molecule has 0 radical (unpaired) electrons. The summed E-state index contributed by atoms with van der Waals surface area (Å²) >= 11 is 0. The van der Waals surface area contributed by atoms with Gasteiger partial charge >= 0.3 is 15.6 Å². The molecule has 2 rings (SSSR count). The highest BCUT2D eigenvalue weighted by molar-refractivity contribution is 7.88. The number of aromatic nitrogens is 1. The SMILES string of the molecule is O=S(=O)(Oc1cnccc1CC1CC=CC1)C(F)(F)F. The van der Waals surface area contributed by atoms with Crippen LogP contribution in [0, 0.1) is 5.92 Å². The van der Waals surface area contributed by atoms with Crippen LogP contribution in [0.3, 0.4) is 0 Å². The molecule has 0 N–H and O–H groups in total. The van der Waals surface area contributed by atoms with Gasteiger partial charge in [-0.15, -0.1) is 0 Å². The Morgan fingerprint density at radius 3 is 2.55 bits per heavy atom. The van der Waals surface area contributed by atoms with Crippen LogP contribution in [0.1, 0.15) is 18.4 Å². The maximum absolute atomic E-state index is 12.3. The van der Waals surface area contributed by atoms with Gasteiger partial charge in [-0.25, -0.2) is 0 Å². The Morgan fingerprint density at radius 1 is 1.30 bits per heavy atom. The van der Waals surface area contributed by atoms with Crippen molar-refractivity contribution in [3.63, 3.8) is 0 Å². The minimum Gasteiger partial charge on any atom is -0.374 e. The zero-order valence-corrected chi connectivity index (χ0v) is 11.1. The van der Waals surface area contributed by atoms with E-state index in [-0.39, 0.29) is 11.7 Å². The molecule has 1 aliphatic rings. The fraction of sp³-hybridized carbons (Fsp3) is 0.417. The summed E-state index contributed by atoms with van der Waals surface area (Å²) in [5.41, 5.74) is -5.05. The monoisotopic (exact) mass is 307 g/mol. The zero-order chi connectivity index (χ0) is 14.8. The second-order valence-electron chi connectivity index (χ2n) is 4.48. The summed E-state index contributed by atoms with van der Waals surface area (Å²) in [7, 11) is -5.66. The van der Waals surface area contributed by atoms with Crippen LogP contribution in [0.5, 0.6) is 5.75 Å². The molecule has 4 nitrogen and oxygen atoms in total. The van der Waals surface area contributed by atoms with Crippen LogP contribution < -0.4 is 4.18 Å². The van der Waals surface area contributed by atoms with Gasteiger partial charge in [0.05, 0.1) is 6.20 Å². The lowest BCUT2D eigenvalue weighted by Gasteiger charge is -2.14. The summed E-state index contributed by atoms with van der Waals surface area (Å²) in [6, 6.07) is 1.47. The molecule has 0 unspecified atom stereocenters. The first kappa shape index (κ1) is 14.8. The third-order valence-electron chi connectivity index (χ3n) is 2.97. The topological polar surface area (TPSA) is 56.3 Å². The quantitative estimate of drug-likeness (QED) is 0.487. The van der Waals surface area contributed by atoms with Crippen LogP contribution in [0.2, 0.25) is 0 Å². The van der Waals surface area contributed by atoms with Crippen LogP contribution in [-0.2, 0) is 16.5 Å². The average molecular weight is 307 g/mol. The summed E-state index contributed by atoms with van der Waals surface area (Å²) < 4.78 is 63.2. The second kappa shape index (κ2) is 5.43. The molecule has 1 aromatic rings. The molecule has 0 saturated heterocycles. The van der Waals surface area contributed by atoms with Crippen molar-refractivity contribution in [2.75, 3.05) is 0 Å². The summed E-state index contributed by atoms with van der Waals surface area (Å²) in [6.07, 6.45) is 8.42. The molecule has 110 valence electrons. The van der Waals surface area contributed by atoms with Crippen LogP contribution in [-0.4, -0.2) is 18.9 Å². The molecular weight excluding hydrogens is 295 g/mol. The summed E-state index contributed by atoms with van der Waals surface area (Å²) in [4.78, 5) is 3.61. The van der Waals surface area contributed by atoms with E-state index in [0.717, 1.165) is 19.0 Å². The van der Waals surface area contributed by atoms with Crippen molar-refractivity contribution in [3.05, 3.63) is 36.2 Å². The number of allylic oxidation sites excluding steroid dienone is 2. The fourth-order valence-electron chi connectivity index (χ4n) is 1.97. The number of hydrogen-bond acceptors (Lipinski definition) is 4. The molecule has 8 heteroatoms. The number of hydrogen-bond donors (Lipinski definition) is 0. The van der Waals surface area contributed by atoms with E-state index >= 15 is 0 Å². The number of nitrogens with zero attached hydrogens (tertiary/aromatic N) is 1. The van der Waals surface area contributed by atoms with Crippen LogP contribution in [0.15, 0.2) is 30.6 Å². The van der Waals surface area contributed by atoms with Gasteiger partial charge in [-0.2, -0.15) is 21.6 Å². The summed E-state index contributed by atoms with van der Waals surface area (Å²) in [6.45, 7) is 0. The number of pyridine rings is 1. The zero-order valence-electron chi connectivity index (χ0n) is 10.3. The number of halogens is 3. The molecular formula is C12H12F3NO3S. The predicted molar refractivity (Wildman–Crippen MR) is 65.4 cm³/mol. The molecule has 1 aromatic heterocycles. The van der Waals surface area contributed by atoms with Crippen molar-refractivity contribution in [1.29, 1.82) is 0 Å². The first-order chi connectivity index (χ1) is 9.29. The summed E-state index contributed by atoms with van der Waals surface area (Å²) in [5.74, 6) is -0.120. The minimum absolute atomic E-state index is 0.244. The highest BCUT2D eigenvalue weighted by Gasteiger charge is 2.48. The van der Waals surface area contributed by atoms with Gasteiger partial charge in [0, 0.05) is 6.20 Å². The van der Waals surface area contributed by atoms with Crippen molar-refractivity contribution >= 4 is 10.1 Å². The Bertz CT molecular complexity index is 603. The van der Waals surface area contributed by atoms with E-state index < -0.39 is 15.6 Å². The third kappa shape index (κ3) is 3.30. The van der Waals surface area contributed by atoms with E-state index in [2.05, 4.69) is 9.17 Å². The van der Waals surface area contributed by atoms with Crippen molar-refractivity contribution < 1.29 is 25.8 Å². The van der Waals surface area contributed by atoms with Crippen molar-refractivity contribution in [3.8, 4) is 5.75 Å². The Labute approximate surface area is 114 Å². The van der Waals surface area contributed by atoms with E-state index in [1.54, 1.807) is 0 Å². The normalized spacial score (nSPS) is 16.6. The van der Waals surface area contributed by atoms with Gasteiger partial charge in [-0.1, -0.05) is 12.2 Å². The Balaban J connectivity index is 2.20.